The number of benzene rings is 1. The fourth-order valence-electron chi connectivity index (χ4n) is 2.85. The minimum atomic E-state index is 0.387. The van der Waals surface area contributed by atoms with E-state index in [1.807, 2.05) is 0 Å². The largest absolute Gasteiger partial charge is 0.123 e. The molecule has 1 fully saturated rings. The van der Waals surface area contributed by atoms with Gasteiger partial charge in [0, 0.05) is 5.38 Å². The predicted octanol–water partition coefficient (Wildman–Crippen LogP) is 5.29. The summed E-state index contributed by atoms with van der Waals surface area (Å²) in [5.41, 5.74) is 2.96. The van der Waals surface area contributed by atoms with Crippen molar-refractivity contribution < 1.29 is 0 Å². The van der Waals surface area contributed by atoms with Crippen molar-refractivity contribution in [3.05, 3.63) is 35.4 Å². The highest BCUT2D eigenvalue weighted by Gasteiger charge is 2.19. The Morgan fingerprint density at radius 2 is 1.82 bits per heavy atom. The second-order valence-electron chi connectivity index (χ2n) is 5.31. The second-order valence-corrected chi connectivity index (χ2v) is 5.92. The summed E-state index contributed by atoms with van der Waals surface area (Å²) < 4.78 is 0. The van der Waals surface area contributed by atoms with Crippen molar-refractivity contribution in [3.8, 4) is 0 Å². The Hall–Kier alpha value is -0.490. The molecule has 1 heteroatoms. The molecule has 2 atom stereocenters. The van der Waals surface area contributed by atoms with Gasteiger partial charge in [-0.25, -0.2) is 0 Å². The van der Waals surface area contributed by atoms with Crippen LogP contribution in [0.5, 0.6) is 0 Å². The average molecular weight is 251 g/mol. The number of hydrogen-bond acceptors (Lipinski definition) is 0. The smallest absolute Gasteiger partial charge is 0.0341 e. The summed E-state index contributed by atoms with van der Waals surface area (Å²) in [6, 6.07) is 9.25. The first kappa shape index (κ1) is 13.0. The van der Waals surface area contributed by atoms with Crippen LogP contribution in [-0.2, 0) is 6.42 Å². The van der Waals surface area contributed by atoms with Gasteiger partial charge in [0.1, 0.15) is 0 Å². The molecule has 0 N–H and O–H groups in total. The summed E-state index contributed by atoms with van der Waals surface area (Å²) in [4.78, 5) is 0. The van der Waals surface area contributed by atoms with E-state index >= 15 is 0 Å². The summed E-state index contributed by atoms with van der Waals surface area (Å²) in [6.07, 6.45) is 8.75. The first-order valence-corrected chi connectivity index (χ1v) is 7.46. The number of aryl methyl sites for hydroxylation is 1. The minimum absolute atomic E-state index is 0.387. The fraction of sp³-hybridized carbons (Fsp3) is 0.625. The lowest BCUT2D eigenvalue weighted by molar-refractivity contribution is 0.595. The normalized spacial score (nSPS) is 25.5. The Morgan fingerprint density at radius 3 is 2.53 bits per heavy atom. The summed E-state index contributed by atoms with van der Waals surface area (Å²) in [5, 5.41) is 0.387. The highest BCUT2D eigenvalue weighted by Crippen LogP contribution is 2.34. The predicted molar refractivity (Wildman–Crippen MR) is 75.9 cm³/mol. The van der Waals surface area contributed by atoms with E-state index in [0.717, 1.165) is 6.42 Å². The molecule has 94 valence electrons. The molecule has 2 unspecified atom stereocenters. The minimum Gasteiger partial charge on any atom is -0.123 e. The van der Waals surface area contributed by atoms with Gasteiger partial charge < -0.3 is 0 Å². The van der Waals surface area contributed by atoms with Crippen LogP contribution in [0.15, 0.2) is 24.3 Å². The molecule has 1 aromatic rings. The molecule has 0 amide bonds. The Morgan fingerprint density at radius 1 is 1.12 bits per heavy atom. The van der Waals surface area contributed by atoms with Gasteiger partial charge >= 0.3 is 0 Å². The topological polar surface area (TPSA) is 0 Å². The third-order valence-corrected chi connectivity index (χ3v) is 4.25. The van der Waals surface area contributed by atoms with E-state index in [0.29, 0.717) is 11.3 Å². The number of halogens is 1. The van der Waals surface area contributed by atoms with Gasteiger partial charge in [-0.3, -0.25) is 0 Å². The monoisotopic (exact) mass is 250 g/mol. The Balaban J connectivity index is 2.04. The maximum absolute atomic E-state index is 6.35. The van der Waals surface area contributed by atoms with Gasteiger partial charge in [0.05, 0.1) is 0 Å². The second kappa shape index (κ2) is 6.44. The average Bonchev–Trinajstić information content (AvgIpc) is 2.55. The lowest BCUT2D eigenvalue weighted by atomic mass is 9.91. The van der Waals surface area contributed by atoms with Crippen molar-refractivity contribution in [1.82, 2.24) is 0 Å². The Labute approximate surface area is 110 Å². The van der Waals surface area contributed by atoms with Gasteiger partial charge in [0.15, 0.2) is 0 Å². The molecular formula is C16H23Cl. The molecule has 0 spiro atoms. The Kier molecular flexibility index (Phi) is 4.91. The number of alkyl halides is 1. The maximum atomic E-state index is 6.35. The van der Waals surface area contributed by atoms with Crippen LogP contribution in [0, 0.1) is 0 Å². The molecule has 0 bridgehead atoms. The van der Waals surface area contributed by atoms with Crippen LogP contribution in [-0.4, -0.2) is 5.38 Å². The highest BCUT2D eigenvalue weighted by atomic mass is 35.5. The number of hydrogen-bond donors (Lipinski definition) is 0. The molecule has 0 aromatic heterocycles. The highest BCUT2D eigenvalue weighted by molar-refractivity contribution is 6.20. The van der Waals surface area contributed by atoms with Gasteiger partial charge in [0.25, 0.3) is 0 Å². The Bertz CT molecular complexity index is 328. The van der Waals surface area contributed by atoms with E-state index in [-0.39, 0.29) is 0 Å². The van der Waals surface area contributed by atoms with Crippen molar-refractivity contribution in [2.75, 3.05) is 0 Å². The number of rotatable bonds is 3. The van der Waals surface area contributed by atoms with Gasteiger partial charge in [-0.2, -0.15) is 0 Å². The third kappa shape index (κ3) is 3.74. The maximum Gasteiger partial charge on any atom is 0.0341 e. The molecule has 1 aliphatic rings. The molecule has 0 aliphatic heterocycles. The lowest BCUT2D eigenvalue weighted by Gasteiger charge is -2.16. The van der Waals surface area contributed by atoms with Crippen LogP contribution in [0.1, 0.15) is 62.5 Å². The summed E-state index contributed by atoms with van der Waals surface area (Å²) in [6.45, 7) is 2.23. The van der Waals surface area contributed by atoms with E-state index in [1.54, 1.807) is 0 Å². The van der Waals surface area contributed by atoms with Crippen molar-refractivity contribution in [2.45, 2.75) is 63.2 Å². The molecule has 0 saturated heterocycles. The molecule has 0 nitrogen and oxygen atoms in total. The quantitative estimate of drug-likeness (QED) is 0.505. The van der Waals surface area contributed by atoms with Crippen molar-refractivity contribution in [1.29, 1.82) is 0 Å². The standard InChI is InChI=1S/C16H23Cl/c1-2-5-13-8-10-14(11-9-13)15-6-3-4-7-16(17)12-15/h8-11,15-16H,2-7,12H2,1H3. The SMILES string of the molecule is CCCc1ccc(C2CCCCC(Cl)C2)cc1. The van der Waals surface area contributed by atoms with E-state index in [2.05, 4.69) is 31.2 Å². The molecule has 1 aromatic carbocycles. The molecule has 1 saturated carbocycles. The van der Waals surface area contributed by atoms with Crippen molar-refractivity contribution in [2.24, 2.45) is 0 Å². The summed E-state index contributed by atoms with van der Waals surface area (Å²) in [7, 11) is 0. The van der Waals surface area contributed by atoms with Crippen LogP contribution in [0.25, 0.3) is 0 Å². The zero-order chi connectivity index (χ0) is 12.1. The summed E-state index contributed by atoms with van der Waals surface area (Å²) in [5.74, 6) is 0.690. The zero-order valence-electron chi connectivity index (χ0n) is 10.8. The lowest BCUT2D eigenvalue weighted by Crippen LogP contribution is -2.04. The van der Waals surface area contributed by atoms with E-state index in [4.69, 9.17) is 11.6 Å². The molecular weight excluding hydrogens is 228 g/mol. The van der Waals surface area contributed by atoms with E-state index in [9.17, 15) is 0 Å². The third-order valence-electron chi connectivity index (χ3n) is 3.85. The van der Waals surface area contributed by atoms with Gasteiger partial charge in [-0.05, 0) is 42.7 Å². The van der Waals surface area contributed by atoms with Crippen LogP contribution in [0.2, 0.25) is 0 Å². The zero-order valence-corrected chi connectivity index (χ0v) is 11.5. The van der Waals surface area contributed by atoms with Crippen LogP contribution in [0.3, 0.4) is 0 Å². The molecule has 2 rings (SSSR count). The molecule has 1 aliphatic carbocycles. The van der Waals surface area contributed by atoms with Gasteiger partial charge in [0.2, 0.25) is 0 Å². The van der Waals surface area contributed by atoms with Crippen LogP contribution in [0.4, 0.5) is 0 Å². The summed E-state index contributed by atoms with van der Waals surface area (Å²) >= 11 is 6.35. The van der Waals surface area contributed by atoms with Gasteiger partial charge in [-0.1, -0.05) is 50.5 Å². The molecule has 17 heavy (non-hydrogen) atoms. The van der Waals surface area contributed by atoms with E-state index in [1.165, 1.54) is 49.7 Å². The molecule has 0 radical (unpaired) electrons. The molecule has 0 heterocycles. The first-order valence-electron chi connectivity index (χ1n) is 7.02. The van der Waals surface area contributed by atoms with Gasteiger partial charge in [-0.15, -0.1) is 11.6 Å². The van der Waals surface area contributed by atoms with Crippen LogP contribution < -0.4 is 0 Å². The van der Waals surface area contributed by atoms with Crippen molar-refractivity contribution in [3.63, 3.8) is 0 Å². The van der Waals surface area contributed by atoms with Crippen LogP contribution >= 0.6 is 11.6 Å². The van der Waals surface area contributed by atoms with Crippen molar-refractivity contribution >= 4 is 11.6 Å². The first-order chi connectivity index (χ1) is 8.29. The van der Waals surface area contributed by atoms with E-state index < -0.39 is 0 Å². The fourth-order valence-corrected chi connectivity index (χ4v) is 3.22.